The van der Waals surface area contributed by atoms with E-state index in [1.165, 1.54) is 12.1 Å². The second-order valence-electron chi connectivity index (χ2n) is 4.51. The van der Waals surface area contributed by atoms with Crippen molar-refractivity contribution in [1.29, 1.82) is 0 Å². The van der Waals surface area contributed by atoms with Crippen LogP contribution in [0, 0.1) is 17.0 Å². The number of nitro benzene ring substituents is 1. The van der Waals surface area contributed by atoms with Crippen molar-refractivity contribution in [3.8, 4) is 0 Å². The van der Waals surface area contributed by atoms with E-state index in [1.54, 1.807) is 6.92 Å². The monoisotopic (exact) mass is 283 g/mol. The Balaban J connectivity index is 2.18. The largest absolute Gasteiger partial charge is 0.324 e. The number of hydrogen-bond donors (Lipinski definition) is 2. The summed E-state index contributed by atoms with van der Waals surface area (Å²) in [4.78, 5) is 22.1. The van der Waals surface area contributed by atoms with Gasteiger partial charge in [-0.15, -0.1) is 0 Å². The third-order valence-corrected chi connectivity index (χ3v) is 3.43. The lowest BCUT2D eigenvalue weighted by atomic mass is 10.1. The minimum atomic E-state index is -0.542. The molecule has 1 aliphatic rings. The molecule has 2 N–H and O–H groups in total. The highest BCUT2D eigenvalue weighted by Gasteiger charge is 2.23. The summed E-state index contributed by atoms with van der Waals surface area (Å²) >= 11 is 5.83. The van der Waals surface area contributed by atoms with E-state index in [1.807, 2.05) is 0 Å². The molecule has 1 saturated heterocycles. The van der Waals surface area contributed by atoms with Gasteiger partial charge in [-0.3, -0.25) is 14.9 Å². The molecule has 0 spiro atoms. The van der Waals surface area contributed by atoms with Crippen LogP contribution in [-0.2, 0) is 4.79 Å². The summed E-state index contributed by atoms with van der Waals surface area (Å²) in [5, 5.41) is 16.6. The van der Waals surface area contributed by atoms with E-state index in [0.717, 1.165) is 19.4 Å². The van der Waals surface area contributed by atoms with E-state index in [9.17, 15) is 14.9 Å². The molecule has 2 rings (SSSR count). The van der Waals surface area contributed by atoms with Crippen molar-refractivity contribution in [2.45, 2.75) is 25.8 Å². The predicted molar refractivity (Wildman–Crippen MR) is 72.5 cm³/mol. The Labute approximate surface area is 115 Å². The van der Waals surface area contributed by atoms with Crippen LogP contribution >= 0.6 is 11.6 Å². The molecule has 0 aromatic heterocycles. The van der Waals surface area contributed by atoms with Crippen molar-refractivity contribution in [2.24, 2.45) is 0 Å². The van der Waals surface area contributed by atoms with Gasteiger partial charge in [-0.2, -0.15) is 0 Å². The van der Waals surface area contributed by atoms with Gasteiger partial charge in [-0.1, -0.05) is 11.6 Å². The Morgan fingerprint density at radius 1 is 1.58 bits per heavy atom. The number of nitrogens with one attached hydrogen (secondary N) is 2. The number of rotatable bonds is 3. The maximum absolute atomic E-state index is 11.9. The molecular weight excluding hydrogens is 270 g/mol. The molecule has 0 radical (unpaired) electrons. The van der Waals surface area contributed by atoms with Crippen LogP contribution in [0.5, 0.6) is 0 Å². The average Bonchev–Trinajstić information content (AvgIpc) is 2.86. The zero-order valence-corrected chi connectivity index (χ0v) is 11.2. The van der Waals surface area contributed by atoms with Gasteiger partial charge in [0, 0.05) is 11.8 Å². The molecule has 0 saturated carbocycles. The fraction of sp³-hybridized carbons (Fsp3) is 0.417. The van der Waals surface area contributed by atoms with Crippen LogP contribution in [0.1, 0.15) is 18.4 Å². The van der Waals surface area contributed by atoms with Crippen LogP contribution in [0.25, 0.3) is 0 Å². The van der Waals surface area contributed by atoms with Crippen LogP contribution in [0.15, 0.2) is 12.1 Å². The van der Waals surface area contributed by atoms with Crippen LogP contribution in [-0.4, -0.2) is 23.4 Å². The first-order valence-electron chi connectivity index (χ1n) is 5.98. The Hall–Kier alpha value is -1.66. The number of amides is 1. The Morgan fingerprint density at radius 2 is 2.32 bits per heavy atom. The van der Waals surface area contributed by atoms with Crippen molar-refractivity contribution in [1.82, 2.24) is 5.32 Å². The molecule has 102 valence electrons. The first kappa shape index (κ1) is 13.8. The van der Waals surface area contributed by atoms with Crippen LogP contribution in [0.4, 0.5) is 11.4 Å². The highest BCUT2D eigenvalue weighted by Crippen LogP contribution is 2.30. The zero-order chi connectivity index (χ0) is 14.0. The molecule has 19 heavy (non-hydrogen) atoms. The quantitative estimate of drug-likeness (QED) is 0.658. The number of nitrogens with zero attached hydrogens (tertiary/aromatic N) is 1. The summed E-state index contributed by atoms with van der Waals surface area (Å²) in [5.74, 6) is -0.134. The van der Waals surface area contributed by atoms with Gasteiger partial charge in [0.2, 0.25) is 5.91 Å². The summed E-state index contributed by atoms with van der Waals surface area (Å²) in [5.41, 5.74) is 0.966. The standard InChI is InChI=1S/C12H14ClN3O3/c1-7-5-11(16(18)19)8(13)6-10(7)15-12(17)9-3-2-4-14-9/h5-6,9,14H,2-4H2,1H3,(H,15,17)/t9-/m1/s1. The lowest BCUT2D eigenvalue weighted by Gasteiger charge is -2.13. The smallest absolute Gasteiger partial charge is 0.288 e. The summed E-state index contributed by atoms with van der Waals surface area (Å²) < 4.78 is 0. The minimum Gasteiger partial charge on any atom is -0.324 e. The maximum atomic E-state index is 11.9. The molecule has 1 aliphatic heterocycles. The first-order valence-corrected chi connectivity index (χ1v) is 6.35. The topological polar surface area (TPSA) is 84.3 Å². The van der Waals surface area contributed by atoms with E-state index in [2.05, 4.69) is 10.6 Å². The van der Waals surface area contributed by atoms with Crippen LogP contribution < -0.4 is 10.6 Å². The van der Waals surface area contributed by atoms with Crippen molar-refractivity contribution < 1.29 is 9.72 Å². The van der Waals surface area contributed by atoms with Crippen LogP contribution in [0.2, 0.25) is 5.02 Å². The van der Waals surface area contributed by atoms with Gasteiger partial charge in [-0.25, -0.2) is 0 Å². The van der Waals surface area contributed by atoms with Gasteiger partial charge in [0.25, 0.3) is 5.69 Å². The van der Waals surface area contributed by atoms with E-state index < -0.39 is 4.92 Å². The summed E-state index contributed by atoms with van der Waals surface area (Å²) in [6.45, 7) is 2.53. The highest BCUT2D eigenvalue weighted by molar-refractivity contribution is 6.33. The normalized spacial score (nSPS) is 18.3. The second kappa shape index (κ2) is 5.54. The fourth-order valence-electron chi connectivity index (χ4n) is 2.07. The van der Waals surface area contributed by atoms with E-state index in [-0.39, 0.29) is 22.7 Å². The molecule has 1 amide bonds. The third-order valence-electron chi connectivity index (χ3n) is 3.13. The number of nitro groups is 1. The number of aryl methyl sites for hydroxylation is 1. The minimum absolute atomic E-state index is 0.0188. The molecule has 0 aliphatic carbocycles. The van der Waals surface area contributed by atoms with E-state index >= 15 is 0 Å². The third kappa shape index (κ3) is 3.02. The molecule has 1 fully saturated rings. The summed E-state index contributed by atoms with van der Waals surface area (Å²) in [6, 6.07) is 2.58. The average molecular weight is 284 g/mol. The van der Waals surface area contributed by atoms with Crippen molar-refractivity contribution in [3.63, 3.8) is 0 Å². The van der Waals surface area contributed by atoms with Crippen molar-refractivity contribution in [3.05, 3.63) is 32.8 Å². The number of hydrogen-bond acceptors (Lipinski definition) is 4. The number of carbonyl (C=O) groups is 1. The molecule has 6 nitrogen and oxygen atoms in total. The Morgan fingerprint density at radius 3 is 2.89 bits per heavy atom. The van der Waals surface area contributed by atoms with E-state index in [0.29, 0.717) is 11.3 Å². The zero-order valence-electron chi connectivity index (χ0n) is 10.4. The Bertz CT molecular complexity index is 527. The molecule has 1 aromatic carbocycles. The lowest BCUT2D eigenvalue weighted by Crippen LogP contribution is -2.35. The predicted octanol–water partition coefficient (Wildman–Crippen LogP) is 2.25. The number of anilines is 1. The van der Waals surface area contributed by atoms with Crippen LogP contribution in [0.3, 0.4) is 0 Å². The molecule has 0 bridgehead atoms. The van der Waals surface area contributed by atoms with Gasteiger partial charge in [0.1, 0.15) is 5.02 Å². The molecule has 1 heterocycles. The van der Waals surface area contributed by atoms with Gasteiger partial charge >= 0.3 is 0 Å². The summed E-state index contributed by atoms with van der Waals surface area (Å²) in [6.07, 6.45) is 1.77. The van der Waals surface area contributed by atoms with Gasteiger partial charge in [0.15, 0.2) is 0 Å². The van der Waals surface area contributed by atoms with Crippen molar-refractivity contribution in [2.75, 3.05) is 11.9 Å². The first-order chi connectivity index (χ1) is 8.99. The summed E-state index contributed by atoms with van der Waals surface area (Å²) in [7, 11) is 0. The fourth-order valence-corrected chi connectivity index (χ4v) is 2.30. The Kier molecular flexibility index (Phi) is 4.01. The number of carbonyl (C=O) groups excluding carboxylic acids is 1. The molecule has 7 heteroatoms. The number of benzene rings is 1. The SMILES string of the molecule is Cc1cc([N+](=O)[O-])c(Cl)cc1NC(=O)[C@H]1CCCN1. The second-order valence-corrected chi connectivity index (χ2v) is 4.92. The number of halogens is 1. The maximum Gasteiger partial charge on any atom is 0.288 e. The molecule has 1 aromatic rings. The van der Waals surface area contributed by atoms with Gasteiger partial charge in [0.05, 0.1) is 11.0 Å². The van der Waals surface area contributed by atoms with Gasteiger partial charge in [-0.05, 0) is 37.9 Å². The molecular formula is C12H14ClN3O3. The molecule has 0 unspecified atom stereocenters. The van der Waals surface area contributed by atoms with Gasteiger partial charge < -0.3 is 10.6 Å². The highest BCUT2D eigenvalue weighted by atomic mass is 35.5. The lowest BCUT2D eigenvalue weighted by molar-refractivity contribution is -0.384. The van der Waals surface area contributed by atoms with E-state index in [4.69, 9.17) is 11.6 Å². The molecule has 1 atom stereocenters. The van der Waals surface area contributed by atoms with Crippen molar-refractivity contribution >= 4 is 28.9 Å².